The number of rotatable bonds is 4. The van der Waals surface area contributed by atoms with Crippen molar-refractivity contribution in [2.24, 2.45) is 0 Å². The van der Waals surface area contributed by atoms with Crippen LogP contribution in [-0.2, 0) is 10.0 Å². The molecule has 1 fully saturated rings. The van der Waals surface area contributed by atoms with Crippen LogP contribution in [0.5, 0.6) is 0 Å². The summed E-state index contributed by atoms with van der Waals surface area (Å²) in [4.78, 5) is 2.08. The second kappa shape index (κ2) is 6.03. The molecule has 1 aliphatic rings. The fraction of sp³-hybridized carbons (Fsp3) is 0.562. The SMILES string of the molecule is Cc1noc(-c2c(C)sc(C)c2S(=O)(=O)NC2CCCC2)c1C. The highest BCUT2D eigenvalue weighted by Crippen LogP contribution is 2.41. The number of aryl methyl sites for hydroxylation is 3. The lowest BCUT2D eigenvalue weighted by molar-refractivity contribution is 0.426. The molecular weight excluding hydrogens is 332 g/mol. The van der Waals surface area contributed by atoms with Crippen LogP contribution in [0.3, 0.4) is 0 Å². The Morgan fingerprint density at radius 3 is 2.35 bits per heavy atom. The Kier molecular flexibility index (Phi) is 4.37. The van der Waals surface area contributed by atoms with Crippen molar-refractivity contribution in [2.75, 3.05) is 0 Å². The van der Waals surface area contributed by atoms with Crippen LogP contribution < -0.4 is 4.72 Å². The molecule has 2 aromatic rings. The molecule has 1 aliphatic carbocycles. The van der Waals surface area contributed by atoms with Crippen molar-refractivity contribution < 1.29 is 12.9 Å². The number of thiophene rings is 1. The van der Waals surface area contributed by atoms with Gasteiger partial charge in [-0.25, -0.2) is 13.1 Å². The normalized spacial score (nSPS) is 16.3. The number of aromatic nitrogens is 1. The van der Waals surface area contributed by atoms with Gasteiger partial charge in [-0.3, -0.25) is 0 Å². The smallest absolute Gasteiger partial charge is 0.242 e. The van der Waals surface area contributed by atoms with Gasteiger partial charge in [0.2, 0.25) is 10.0 Å². The van der Waals surface area contributed by atoms with Crippen LogP contribution in [-0.4, -0.2) is 19.6 Å². The largest absolute Gasteiger partial charge is 0.356 e. The van der Waals surface area contributed by atoms with Gasteiger partial charge in [0.25, 0.3) is 0 Å². The standard InChI is InChI=1S/C16H22N2O3S2/c1-9-10(2)17-21-15(9)14-11(3)22-12(4)16(14)23(19,20)18-13-7-5-6-8-13/h13,18H,5-8H2,1-4H3. The van der Waals surface area contributed by atoms with E-state index >= 15 is 0 Å². The van der Waals surface area contributed by atoms with Gasteiger partial charge < -0.3 is 4.52 Å². The highest BCUT2D eigenvalue weighted by Gasteiger charge is 2.31. The molecule has 0 atom stereocenters. The van der Waals surface area contributed by atoms with Crippen LogP contribution in [0.1, 0.15) is 46.7 Å². The number of hydrogen-bond donors (Lipinski definition) is 1. The summed E-state index contributed by atoms with van der Waals surface area (Å²) >= 11 is 1.49. The molecule has 126 valence electrons. The maximum atomic E-state index is 13.0. The molecule has 5 nitrogen and oxygen atoms in total. The van der Waals surface area contributed by atoms with E-state index in [1.807, 2.05) is 27.7 Å². The average Bonchev–Trinajstić information content (AvgIpc) is 3.13. The Bertz CT molecular complexity index is 828. The van der Waals surface area contributed by atoms with E-state index in [1.165, 1.54) is 11.3 Å². The summed E-state index contributed by atoms with van der Waals surface area (Å²) in [6.07, 6.45) is 4.00. The van der Waals surface area contributed by atoms with E-state index in [-0.39, 0.29) is 6.04 Å². The Labute approximate surface area is 141 Å². The van der Waals surface area contributed by atoms with E-state index in [0.29, 0.717) is 16.2 Å². The third-order valence-corrected chi connectivity index (χ3v) is 7.38. The molecule has 2 heterocycles. The third kappa shape index (κ3) is 2.97. The molecule has 1 saturated carbocycles. The van der Waals surface area contributed by atoms with Gasteiger partial charge in [-0.2, -0.15) is 0 Å². The number of hydrogen-bond acceptors (Lipinski definition) is 5. The van der Waals surface area contributed by atoms with E-state index < -0.39 is 10.0 Å². The zero-order valence-electron chi connectivity index (χ0n) is 13.9. The summed E-state index contributed by atoms with van der Waals surface area (Å²) in [5.41, 5.74) is 2.34. The van der Waals surface area contributed by atoms with Crippen LogP contribution >= 0.6 is 11.3 Å². The molecule has 0 aromatic carbocycles. The van der Waals surface area contributed by atoms with Crippen molar-refractivity contribution in [3.63, 3.8) is 0 Å². The lowest BCUT2D eigenvalue weighted by Crippen LogP contribution is -2.33. The highest BCUT2D eigenvalue weighted by atomic mass is 32.2. The van der Waals surface area contributed by atoms with Crippen molar-refractivity contribution in [2.45, 2.75) is 64.3 Å². The minimum atomic E-state index is -3.57. The molecule has 0 aliphatic heterocycles. The Morgan fingerprint density at radius 1 is 1.13 bits per heavy atom. The average molecular weight is 354 g/mol. The minimum Gasteiger partial charge on any atom is -0.356 e. The van der Waals surface area contributed by atoms with Gasteiger partial charge >= 0.3 is 0 Å². The second-order valence-corrected chi connectivity index (χ2v) is 9.32. The highest BCUT2D eigenvalue weighted by molar-refractivity contribution is 7.89. The monoisotopic (exact) mass is 354 g/mol. The quantitative estimate of drug-likeness (QED) is 0.905. The van der Waals surface area contributed by atoms with Crippen LogP contribution in [0.2, 0.25) is 0 Å². The molecule has 2 aromatic heterocycles. The Balaban J connectivity index is 2.10. The number of nitrogens with one attached hydrogen (secondary N) is 1. The summed E-state index contributed by atoms with van der Waals surface area (Å²) in [6, 6.07) is 0.0463. The molecule has 0 amide bonds. The summed E-state index contributed by atoms with van der Waals surface area (Å²) in [6.45, 7) is 7.55. The van der Waals surface area contributed by atoms with E-state index in [4.69, 9.17) is 4.52 Å². The number of sulfonamides is 1. The van der Waals surface area contributed by atoms with Crippen LogP contribution in [0.15, 0.2) is 9.42 Å². The Morgan fingerprint density at radius 2 is 1.78 bits per heavy atom. The van der Waals surface area contributed by atoms with E-state index in [0.717, 1.165) is 46.7 Å². The van der Waals surface area contributed by atoms with Gasteiger partial charge in [-0.15, -0.1) is 11.3 Å². The second-order valence-electron chi connectivity index (χ2n) is 6.24. The van der Waals surface area contributed by atoms with Crippen molar-refractivity contribution in [1.29, 1.82) is 0 Å². The van der Waals surface area contributed by atoms with Gasteiger partial charge in [-0.05, 0) is 40.5 Å². The summed E-state index contributed by atoms with van der Waals surface area (Å²) < 4.78 is 34.3. The summed E-state index contributed by atoms with van der Waals surface area (Å²) in [5.74, 6) is 0.566. The van der Waals surface area contributed by atoms with Crippen LogP contribution in [0.4, 0.5) is 0 Å². The van der Waals surface area contributed by atoms with Crippen molar-refractivity contribution in [3.05, 3.63) is 21.0 Å². The molecule has 0 saturated heterocycles. The molecule has 0 radical (unpaired) electrons. The first-order valence-corrected chi connectivity index (χ1v) is 10.2. The lowest BCUT2D eigenvalue weighted by atomic mass is 10.1. The molecule has 3 rings (SSSR count). The van der Waals surface area contributed by atoms with Crippen molar-refractivity contribution in [3.8, 4) is 11.3 Å². The molecular formula is C16H22N2O3S2. The van der Waals surface area contributed by atoms with E-state index in [1.54, 1.807) is 0 Å². The molecule has 23 heavy (non-hydrogen) atoms. The van der Waals surface area contributed by atoms with Crippen molar-refractivity contribution >= 4 is 21.4 Å². The fourth-order valence-corrected chi connectivity index (χ4v) is 6.37. The Hall–Kier alpha value is -1.18. The maximum absolute atomic E-state index is 13.0. The van der Waals surface area contributed by atoms with E-state index in [2.05, 4.69) is 9.88 Å². The molecule has 1 N–H and O–H groups in total. The predicted octanol–water partition coefficient (Wildman–Crippen LogP) is 3.86. The molecule has 0 spiro atoms. The first-order valence-electron chi connectivity index (χ1n) is 7.87. The van der Waals surface area contributed by atoms with Gasteiger partial charge in [0, 0.05) is 21.4 Å². The maximum Gasteiger partial charge on any atom is 0.242 e. The van der Waals surface area contributed by atoms with Gasteiger partial charge in [0.15, 0.2) is 5.76 Å². The molecule has 0 bridgehead atoms. The first kappa shape index (κ1) is 16.7. The summed E-state index contributed by atoms with van der Waals surface area (Å²) in [7, 11) is -3.57. The predicted molar refractivity (Wildman–Crippen MR) is 91.3 cm³/mol. The zero-order valence-corrected chi connectivity index (χ0v) is 15.5. The molecule has 0 unspecified atom stereocenters. The van der Waals surface area contributed by atoms with E-state index in [9.17, 15) is 8.42 Å². The third-order valence-electron chi connectivity index (χ3n) is 4.54. The summed E-state index contributed by atoms with van der Waals surface area (Å²) in [5, 5.41) is 3.98. The minimum absolute atomic E-state index is 0.0463. The van der Waals surface area contributed by atoms with Gasteiger partial charge in [-0.1, -0.05) is 18.0 Å². The topological polar surface area (TPSA) is 72.2 Å². The van der Waals surface area contributed by atoms with Crippen LogP contribution in [0, 0.1) is 27.7 Å². The number of nitrogens with zero attached hydrogens (tertiary/aromatic N) is 1. The van der Waals surface area contributed by atoms with Crippen LogP contribution in [0.25, 0.3) is 11.3 Å². The fourth-order valence-electron chi connectivity index (χ4n) is 3.22. The first-order chi connectivity index (χ1) is 10.8. The molecule has 7 heteroatoms. The lowest BCUT2D eigenvalue weighted by Gasteiger charge is -2.13. The zero-order chi connectivity index (χ0) is 16.8. The van der Waals surface area contributed by atoms with Gasteiger partial charge in [0.05, 0.1) is 11.3 Å². The van der Waals surface area contributed by atoms with Gasteiger partial charge in [0.1, 0.15) is 4.90 Å². The van der Waals surface area contributed by atoms with Crippen molar-refractivity contribution in [1.82, 2.24) is 9.88 Å².